The highest BCUT2D eigenvalue weighted by Gasteiger charge is 2.12. The summed E-state index contributed by atoms with van der Waals surface area (Å²) in [5, 5.41) is 3.57. The topological polar surface area (TPSA) is 15.3 Å². The molecule has 0 aliphatic rings. The van der Waals surface area contributed by atoms with Gasteiger partial charge in [0.1, 0.15) is 0 Å². The van der Waals surface area contributed by atoms with Crippen LogP contribution in [-0.2, 0) is 6.54 Å². The fourth-order valence-electron chi connectivity index (χ4n) is 1.95. The molecule has 0 aliphatic carbocycles. The van der Waals surface area contributed by atoms with Crippen LogP contribution in [0.2, 0.25) is 0 Å². The summed E-state index contributed by atoms with van der Waals surface area (Å²) in [6.45, 7) is 14.3. The zero-order valence-electron chi connectivity index (χ0n) is 13.5. The van der Waals surface area contributed by atoms with Crippen LogP contribution >= 0.6 is 0 Å². The van der Waals surface area contributed by atoms with Gasteiger partial charge < -0.3 is 10.2 Å². The number of hydrogen-bond donors (Lipinski definition) is 1. The second-order valence-electron chi connectivity index (χ2n) is 6.60. The van der Waals surface area contributed by atoms with Gasteiger partial charge in [-0.05, 0) is 51.4 Å². The third-order valence-electron chi connectivity index (χ3n) is 3.48. The second-order valence-corrected chi connectivity index (χ2v) is 6.60. The maximum atomic E-state index is 3.57. The molecule has 1 aromatic carbocycles. The smallest absolute Gasteiger partial charge is 0.0230 e. The van der Waals surface area contributed by atoms with Crippen molar-refractivity contribution in [3.8, 4) is 0 Å². The normalized spacial score (nSPS) is 13.8. The van der Waals surface area contributed by atoms with Crippen molar-refractivity contribution in [3.05, 3.63) is 35.4 Å². The minimum absolute atomic E-state index is 0.192. The van der Waals surface area contributed by atoms with Crippen molar-refractivity contribution in [2.45, 2.75) is 52.6 Å². The summed E-state index contributed by atoms with van der Waals surface area (Å²) in [6.07, 6.45) is 0. The Morgan fingerprint density at radius 3 is 2.21 bits per heavy atom. The summed E-state index contributed by atoms with van der Waals surface area (Å²) in [5.74, 6) is 0.553. The van der Waals surface area contributed by atoms with E-state index in [0.29, 0.717) is 5.92 Å². The van der Waals surface area contributed by atoms with Crippen LogP contribution in [0.5, 0.6) is 0 Å². The van der Waals surface area contributed by atoms with Gasteiger partial charge in [0.2, 0.25) is 0 Å². The van der Waals surface area contributed by atoms with E-state index >= 15 is 0 Å². The summed E-state index contributed by atoms with van der Waals surface area (Å²) in [5.41, 5.74) is 3.00. The molecule has 0 fully saturated rings. The lowest BCUT2D eigenvalue weighted by atomic mass is 9.98. The van der Waals surface area contributed by atoms with Crippen LogP contribution in [0.3, 0.4) is 0 Å². The second kappa shape index (κ2) is 7.06. The number of hydrogen-bond acceptors (Lipinski definition) is 2. The van der Waals surface area contributed by atoms with Crippen molar-refractivity contribution >= 4 is 0 Å². The van der Waals surface area contributed by atoms with Gasteiger partial charge in [-0.25, -0.2) is 0 Å². The quantitative estimate of drug-likeness (QED) is 0.842. The van der Waals surface area contributed by atoms with Crippen LogP contribution in [0, 0.1) is 0 Å². The molecule has 0 amide bonds. The van der Waals surface area contributed by atoms with E-state index in [1.54, 1.807) is 0 Å². The lowest BCUT2D eigenvalue weighted by Gasteiger charge is -2.24. The zero-order chi connectivity index (χ0) is 14.5. The number of nitrogens with zero attached hydrogens (tertiary/aromatic N) is 1. The van der Waals surface area contributed by atoms with Crippen molar-refractivity contribution < 1.29 is 0 Å². The number of benzene rings is 1. The minimum atomic E-state index is 0.192. The average Bonchev–Trinajstić information content (AvgIpc) is 2.36. The molecule has 0 aromatic heterocycles. The standard InChI is InChI=1S/C17H30N2/c1-7-19(6)13-15-8-10-16(11-9-15)14(2)12-18-17(3,4)5/h8-11,14,18H,7,12-13H2,1-6H3. The summed E-state index contributed by atoms with van der Waals surface area (Å²) in [6, 6.07) is 9.06. The first kappa shape index (κ1) is 16.2. The monoisotopic (exact) mass is 262 g/mol. The summed E-state index contributed by atoms with van der Waals surface area (Å²) < 4.78 is 0. The van der Waals surface area contributed by atoms with Crippen LogP contribution in [0.4, 0.5) is 0 Å². The molecule has 1 N–H and O–H groups in total. The van der Waals surface area contributed by atoms with Crippen LogP contribution in [-0.4, -0.2) is 30.6 Å². The molecule has 1 unspecified atom stereocenters. The van der Waals surface area contributed by atoms with Crippen LogP contribution < -0.4 is 5.32 Å². The molecular weight excluding hydrogens is 232 g/mol. The molecule has 0 heterocycles. The number of rotatable bonds is 6. The summed E-state index contributed by atoms with van der Waals surface area (Å²) in [4.78, 5) is 2.32. The van der Waals surface area contributed by atoms with Crippen LogP contribution in [0.15, 0.2) is 24.3 Å². The summed E-state index contributed by atoms with van der Waals surface area (Å²) >= 11 is 0. The van der Waals surface area contributed by atoms with E-state index in [2.05, 4.69) is 76.1 Å². The Hall–Kier alpha value is -0.860. The van der Waals surface area contributed by atoms with Gasteiger partial charge in [-0.2, -0.15) is 0 Å². The molecule has 19 heavy (non-hydrogen) atoms. The fraction of sp³-hybridized carbons (Fsp3) is 0.647. The van der Waals surface area contributed by atoms with E-state index in [1.807, 2.05) is 0 Å². The molecule has 0 saturated carbocycles. The molecule has 1 atom stereocenters. The van der Waals surface area contributed by atoms with Crippen LogP contribution in [0.25, 0.3) is 0 Å². The van der Waals surface area contributed by atoms with Gasteiger partial charge in [-0.1, -0.05) is 38.1 Å². The van der Waals surface area contributed by atoms with Gasteiger partial charge in [0.15, 0.2) is 0 Å². The van der Waals surface area contributed by atoms with Gasteiger partial charge in [-0.3, -0.25) is 0 Å². The highest BCUT2D eigenvalue weighted by atomic mass is 15.1. The first-order valence-corrected chi connectivity index (χ1v) is 7.34. The molecule has 1 rings (SSSR count). The molecule has 2 heteroatoms. The summed E-state index contributed by atoms with van der Waals surface area (Å²) in [7, 11) is 2.16. The molecular formula is C17H30N2. The Morgan fingerprint density at radius 1 is 1.16 bits per heavy atom. The Labute approximate surface area is 119 Å². The van der Waals surface area contributed by atoms with Crippen molar-refractivity contribution in [3.63, 3.8) is 0 Å². The van der Waals surface area contributed by atoms with E-state index < -0.39 is 0 Å². The van der Waals surface area contributed by atoms with Crippen molar-refractivity contribution in [1.29, 1.82) is 0 Å². The maximum absolute atomic E-state index is 3.57. The van der Waals surface area contributed by atoms with E-state index in [1.165, 1.54) is 11.1 Å². The lowest BCUT2D eigenvalue weighted by molar-refractivity contribution is 0.345. The Balaban J connectivity index is 2.55. The lowest BCUT2D eigenvalue weighted by Crippen LogP contribution is -2.38. The van der Waals surface area contributed by atoms with Gasteiger partial charge in [0, 0.05) is 18.6 Å². The Bertz CT molecular complexity index is 362. The highest BCUT2D eigenvalue weighted by molar-refractivity contribution is 5.25. The largest absolute Gasteiger partial charge is 0.311 e. The fourth-order valence-corrected chi connectivity index (χ4v) is 1.95. The van der Waals surface area contributed by atoms with Crippen molar-refractivity contribution in [1.82, 2.24) is 10.2 Å². The number of nitrogens with one attached hydrogen (secondary N) is 1. The van der Waals surface area contributed by atoms with Gasteiger partial charge in [-0.15, -0.1) is 0 Å². The molecule has 0 saturated heterocycles. The van der Waals surface area contributed by atoms with E-state index in [-0.39, 0.29) is 5.54 Å². The molecule has 0 bridgehead atoms. The Morgan fingerprint density at radius 2 is 1.74 bits per heavy atom. The van der Waals surface area contributed by atoms with Gasteiger partial charge in [0.25, 0.3) is 0 Å². The Kier molecular flexibility index (Phi) is 6.02. The first-order chi connectivity index (χ1) is 8.81. The predicted molar refractivity (Wildman–Crippen MR) is 84.6 cm³/mol. The van der Waals surface area contributed by atoms with E-state index in [4.69, 9.17) is 0 Å². The van der Waals surface area contributed by atoms with Gasteiger partial charge in [0.05, 0.1) is 0 Å². The highest BCUT2D eigenvalue weighted by Crippen LogP contribution is 2.16. The molecule has 2 nitrogen and oxygen atoms in total. The van der Waals surface area contributed by atoms with E-state index in [9.17, 15) is 0 Å². The minimum Gasteiger partial charge on any atom is -0.311 e. The molecule has 0 aliphatic heterocycles. The molecule has 0 spiro atoms. The third-order valence-corrected chi connectivity index (χ3v) is 3.48. The third kappa shape index (κ3) is 6.22. The SMILES string of the molecule is CCN(C)Cc1ccc(C(C)CNC(C)(C)C)cc1. The zero-order valence-corrected chi connectivity index (χ0v) is 13.5. The van der Waals surface area contributed by atoms with Crippen molar-refractivity contribution in [2.75, 3.05) is 20.1 Å². The predicted octanol–water partition coefficient (Wildman–Crippen LogP) is 3.63. The van der Waals surface area contributed by atoms with Crippen LogP contribution in [0.1, 0.15) is 51.7 Å². The molecule has 1 aromatic rings. The maximum Gasteiger partial charge on any atom is 0.0230 e. The molecule has 0 radical (unpaired) electrons. The van der Waals surface area contributed by atoms with Gasteiger partial charge >= 0.3 is 0 Å². The van der Waals surface area contributed by atoms with Crippen molar-refractivity contribution in [2.24, 2.45) is 0 Å². The van der Waals surface area contributed by atoms with E-state index in [0.717, 1.165) is 19.6 Å². The average molecular weight is 262 g/mol. The first-order valence-electron chi connectivity index (χ1n) is 7.34. The molecule has 108 valence electrons.